The maximum Gasteiger partial charge on any atom is 0.573 e. The van der Waals surface area contributed by atoms with Gasteiger partial charge in [0.15, 0.2) is 0 Å². The first kappa shape index (κ1) is 49.2. The number of aromatic nitrogens is 4. The summed E-state index contributed by atoms with van der Waals surface area (Å²) in [6, 6.07) is 24.9. The number of carbonyl (C=O) groups is 5. The zero-order valence-corrected chi connectivity index (χ0v) is 39.8. The molecule has 0 aliphatic rings. The zero-order chi connectivity index (χ0) is 50.9. The number of carbonyl (C=O) groups excluding carboxylic acids is 5. The van der Waals surface area contributed by atoms with Gasteiger partial charge in [-0.1, -0.05) is 41.4 Å². The summed E-state index contributed by atoms with van der Waals surface area (Å²) in [6.45, 7) is 4.91. The molecule has 4 heterocycles. The number of hydrogen-bond acceptors (Lipinski definition) is 10. The molecule has 0 spiro atoms. The van der Waals surface area contributed by atoms with Crippen molar-refractivity contribution in [3.8, 4) is 28.6 Å². The lowest BCUT2D eigenvalue weighted by atomic mass is 10.0. The number of ketones is 2. The van der Waals surface area contributed by atoms with Gasteiger partial charge in [0.05, 0.1) is 31.0 Å². The molecule has 0 bridgehead atoms. The van der Waals surface area contributed by atoms with Crippen LogP contribution in [0.1, 0.15) is 50.2 Å². The smallest absolute Gasteiger partial charge is 0.481 e. The normalized spacial score (nSPS) is 11.4. The highest BCUT2D eigenvalue weighted by Gasteiger charge is 2.33. The van der Waals surface area contributed by atoms with Gasteiger partial charge in [-0.3, -0.25) is 24.0 Å². The quantitative estimate of drug-likeness (QED) is 0.0659. The lowest BCUT2D eigenvalue weighted by Crippen LogP contribution is -2.24. The standard InChI is InChI=1S/C51H40Cl2F3N7O8/c1-26-45(47(65)49(67)60-33-16-17-57-43(20-33)69-4)36-19-32(59-28(3)64)11-14-41(36)63(26)25-30-8-13-39(53)35(18-30)38-23-58-44(70-5)22-40(38)61-50(68)48(66)46-27(2)62(24-29-6-9-31(52)10-7-29)42-15-12-34(21-37(42)46)71-51(54,55)56/h6-23H,24-25H2,1-5H3,(H,59,64)(H,57,60,67)(H,58,61,68). The number of amides is 3. The van der Waals surface area contributed by atoms with E-state index in [4.69, 9.17) is 32.7 Å². The number of alkyl halides is 3. The SMILES string of the molecule is COc1cc(NC(=O)C(=O)c2c(C)n(Cc3ccc(Cl)c(-c4cnc(OC)cc4NC(=O)C(=O)c4c(C)n(Cc5ccc(Cl)cc5)c5ccc(OC(F)(F)F)cc45)c3)c3ccc(NC(C)=O)cc23)ccn1. The van der Waals surface area contributed by atoms with Crippen LogP contribution in [0.5, 0.6) is 17.5 Å². The van der Waals surface area contributed by atoms with E-state index in [9.17, 15) is 37.1 Å². The van der Waals surface area contributed by atoms with E-state index in [1.807, 2.05) is 4.57 Å². The van der Waals surface area contributed by atoms with Gasteiger partial charge in [0.2, 0.25) is 17.7 Å². The van der Waals surface area contributed by atoms with Crippen LogP contribution in [0.4, 0.5) is 30.2 Å². The van der Waals surface area contributed by atoms with Crippen LogP contribution in [0.3, 0.4) is 0 Å². The Hall–Kier alpha value is -8.22. The number of pyridine rings is 2. The predicted molar refractivity (Wildman–Crippen MR) is 262 cm³/mol. The molecule has 0 aliphatic heterocycles. The lowest BCUT2D eigenvalue weighted by Gasteiger charge is -2.15. The molecular formula is C51H40Cl2F3N7O8. The van der Waals surface area contributed by atoms with Gasteiger partial charge in [-0.25, -0.2) is 9.97 Å². The van der Waals surface area contributed by atoms with E-state index >= 15 is 0 Å². The Bertz CT molecular complexity index is 3460. The van der Waals surface area contributed by atoms with Crippen LogP contribution in [0.2, 0.25) is 10.0 Å². The fourth-order valence-electron chi connectivity index (χ4n) is 8.29. The number of halogens is 5. The maximum absolute atomic E-state index is 14.4. The fourth-order valence-corrected chi connectivity index (χ4v) is 8.64. The van der Waals surface area contributed by atoms with E-state index in [0.29, 0.717) is 49.6 Å². The van der Waals surface area contributed by atoms with Crippen molar-refractivity contribution < 1.29 is 51.4 Å². The summed E-state index contributed by atoms with van der Waals surface area (Å²) in [5, 5.41) is 9.13. The molecule has 0 radical (unpaired) electrons. The number of fused-ring (bicyclic) bond motifs is 2. The third kappa shape index (κ3) is 10.5. The monoisotopic (exact) mass is 1010 g/mol. The van der Waals surface area contributed by atoms with Gasteiger partial charge in [0.1, 0.15) is 5.75 Å². The lowest BCUT2D eigenvalue weighted by molar-refractivity contribution is -0.274. The number of nitrogens with zero attached hydrogens (tertiary/aromatic N) is 4. The van der Waals surface area contributed by atoms with Crippen LogP contribution in [0.25, 0.3) is 32.9 Å². The molecule has 362 valence electrons. The van der Waals surface area contributed by atoms with Crippen LogP contribution in [-0.4, -0.2) is 69.0 Å². The molecule has 0 aliphatic carbocycles. The van der Waals surface area contributed by atoms with Crippen LogP contribution in [-0.2, 0) is 27.5 Å². The summed E-state index contributed by atoms with van der Waals surface area (Å²) in [5.41, 5.74) is 4.29. The Labute approximate surface area is 412 Å². The van der Waals surface area contributed by atoms with Crippen molar-refractivity contribution in [2.45, 2.75) is 40.2 Å². The highest BCUT2D eigenvalue weighted by Crippen LogP contribution is 2.38. The van der Waals surface area contributed by atoms with Gasteiger partial charge < -0.3 is 39.3 Å². The summed E-state index contributed by atoms with van der Waals surface area (Å²) in [6.07, 6.45) is -2.23. The Morgan fingerprint density at radius 2 is 1.21 bits per heavy atom. The van der Waals surface area contributed by atoms with E-state index in [0.717, 1.165) is 17.7 Å². The number of nitrogens with one attached hydrogen (secondary N) is 3. The first-order valence-electron chi connectivity index (χ1n) is 21.4. The van der Waals surface area contributed by atoms with E-state index < -0.39 is 35.5 Å². The molecule has 15 nitrogen and oxygen atoms in total. The summed E-state index contributed by atoms with van der Waals surface area (Å²) >= 11 is 13.0. The van der Waals surface area contributed by atoms with Crippen molar-refractivity contribution in [3.05, 3.63) is 153 Å². The molecule has 3 amide bonds. The van der Waals surface area contributed by atoms with Crippen LogP contribution in [0, 0.1) is 13.8 Å². The van der Waals surface area contributed by atoms with Gasteiger partial charge >= 0.3 is 6.36 Å². The second-order valence-electron chi connectivity index (χ2n) is 16.1. The topological polar surface area (TPSA) is 185 Å². The van der Waals surface area contributed by atoms with Gasteiger partial charge in [-0.05, 0) is 91.7 Å². The van der Waals surface area contributed by atoms with Crippen molar-refractivity contribution in [3.63, 3.8) is 0 Å². The Balaban J connectivity index is 1.15. The van der Waals surface area contributed by atoms with Crippen molar-refractivity contribution in [1.82, 2.24) is 19.1 Å². The molecular weight excluding hydrogens is 967 g/mol. The van der Waals surface area contributed by atoms with Gasteiger partial charge in [-0.15, -0.1) is 13.2 Å². The first-order chi connectivity index (χ1) is 33.8. The molecule has 0 fully saturated rings. The van der Waals surface area contributed by atoms with Crippen LogP contribution < -0.4 is 30.2 Å². The van der Waals surface area contributed by atoms with E-state index in [1.165, 1.54) is 57.8 Å². The number of rotatable bonds is 15. The third-order valence-electron chi connectivity index (χ3n) is 11.5. The highest BCUT2D eigenvalue weighted by molar-refractivity contribution is 6.49. The Morgan fingerprint density at radius 3 is 1.85 bits per heavy atom. The van der Waals surface area contributed by atoms with Gasteiger partial charge in [-0.2, -0.15) is 0 Å². The van der Waals surface area contributed by atoms with Gasteiger partial charge in [0, 0.05) is 110 Å². The van der Waals surface area contributed by atoms with Crippen molar-refractivity contribution in [2.75, 3.05) is 30.2 Å². The molecule has 71 heavy (non-hydrogen) atoms. The van der Waals surface area contributed by atoms with E-state index in [-0.39, 0.29) is 69.2 Å². The summed E-state index contributed by atoms with van der Waals surface area (Å²) in [4.78, 5) is 76.6. The average Bonchev–Trinajstić information content (AvgIpc) is 3.75. The van der Waals surface area contributed by atoms with Crippen molar-refractivity contribution in [1.29, 1.82) is 0 Å². The second kappa shape index (κ2) is 20.0. The van der Waals surface area contributed by atoms with Crippen molar-refractivity contribution in [2.24, 2.45) is 0 Å². The molecule has 8 rings (SSSR count). The van der Waals surface area contributed by atoms with Gasteiger partial charge in [0.25, 0.3) is 23.4 Å². The summed E-state index contributed by atoms with van der Waals surface area (Å²) in [7, 11) is 2.77. The minimum Gasteiger partial charge on any atom is -0.481 e. The predicted octanol–water partition coefficient (Wildman–Crippen LogP) is 10.6. The minimum atomic E-state index is -5.03. The molecule has 4 aromatic carbocycles. The highest BCUT2D eigenvalue weighted by atomic mass is 35.5. The maximum atomic E-state index is 14.4. The molecule has 20 heteroatoms. The molecule has 3 N–H and O–H groups in total. The zero-order valence-electron chi connectivity index (χ0n) is 38.3. The molecule has 0 unspecified atom stereocenters. The fraction of sp³-hybridized carbons (Fsp3) is 0.157. The summed E-state index contributed by atoms with van der Waals surface area (Å²) < 4.78 is 58.5. The number of Topliss-reactive ketones (excluding diaryl/α,β-unsaturated/α-hetero) is 2. The summed E-state index contributed by atoms with van der Waals surface area (Å²) in [5.74, 6) is -4.64. The number of benzene rings is 4. The molecule has 4 aromatic heterocycles. The Morgan fingerprint density at radius 1 is 0.634 bits per heavy atom. The minimum absolute atomic E-state index is 0.0423. The van der Waals surface area contributed by atoms with Crippen molar-refractivity contribution >= 4 is 91.4 Å². The Kier molecular flexibility index (Phi) is 13.9. The number of anilines is 3. The van der Waals surface area contributed by atoms with E-state index in [1.54, 1.807) is 79.1 Å². The van der Waals surface area contributed by atoms with Crippen LogP contribution >= 0.6 is 23.2 Å². The molecule has 0 saturated heterocycles. The number of hydrogen-bond donors (Lipinski definition) is 3. The molecule has 8 aromatic rings. The molecule has 0 atom stereocenters. The third-order valence-corrected chi connectivity index (χ3v) is 12.1. The average molecular weight is 1010 g/mol. The largest absolute Gasteiger partial charge is 0.573 e. The van der Waals surface area contributed by atoms with E-state index in [2.05, 4.69) is 30.7 Å². The first-order valence-corrected chi connectivity index (χ1v) is 22.2. The number of methoxy groups -OCH3 is 2. The molecule has 0 saturated carbocycles. The van der Waals surface area contributed by atoms with Crippen LogP contribution in [0.15, 0.2) is 109 Å². The number of ether oxygens (including phenoxy) is 3. The second-order valence-corrected chi connectivity index (χ2v) is 16.9.